The van der Waals surface area contributed by atoms with Crippen molar-refractivity contribution in [2.24, 2.45) is 5.92 Å². The summed E-state index contributed by atoms with van der Waals surface area (Å²) >= 11 is 0. The molecular weight excluding hydrogens is 150 g/mol. The van der Waals surface area contributed by atoms with Crippen molar-refractivity contribution in [2.45, 2.75) is 52.1 Å². The number of hydrogen-bond donors (Lipinski definition) is 1. The van der Waals surface area contributed by atoms with Crippen molar-refractivity contribution >= 4 is 0 Å². The Morgan fingerprint density at radius 3 is 2.08 bits per heavy atom. The molecule has 0 aromatic rings. The van der Waals surface area contributed by atoms with Gasteiger partial charge in [-0.15, -0.1) is 0 Å². The zero-order valence-electron chi connectivity index (χ0n) is 8.30. The van der Waals surface area contributed by atoms with Gasteiger partial charge in [0.1, 0.15) is 0 Å². The van der Waals surface area contributed by atoms with Gasteiger partial charge in [-0.1, -0.05) is 27.2 Å². The second kappa shape index (κ2) is 5.16. The van der Waals surface area contributed by atoms with Gasteiger partial charge in [0, 0.05) is 0 Å². The van der Waals surface area contributed by atoms with E-state index in [1.165, 1.54) is 0 Å². The zero-order valence-corrected chi connectivity index (χ0v) is 8.30. The smallest absolute Gasteiger partial charge is 0.0800 e. The summed E-state index contributed by atoms with van der Waals surface area (Å²) < 4.78 is 0. The summed E-state index contributed by atoms with van der Waals surface area (Å²) in [6.07, 6.45) is 3.10. The van der Waals surface area contributed by atoms with Crippen molar-refractivity contribution in [3.8, 4) is 6.07 Å². The van der Waals surface area contributed by atoms with Crippen LogP contribution in [0, 0.1) is 17.2 Å². The van der Waals surface area contributed by atoms with Crippen LogP contribution in [-0.2, 0) is 0 Å². The van der Waals surface area contributed by atoms with E-state index in [0.29, 0.717) is 12.8 Å². The van der Waals surface area contributed by atoms with E-state index < -0.39 is 5.60 Å². The summed E-state index contributed by atoms with van der Waals surface area (Å²) in [7, 11) is 0. The Kier molecular flexibility index (Phi) is 4.92. The molecule has 0 saturated carbocycles. The molecular formula is C10H19NO. The predicted octanol–water partition coefficient (Wildman–Crippen LogP) is 2.48. The second-order valence-electron chi connectivity index (χ2n) is 3.28. The molecule has 2 nitrogen and oxygen atoms in total. The Morgan fingerprint density at radius 2 is 1.83 bits per heavy atom. The lowest BCUT2D eigenvalue weighted by molar-refractivity contribution is -0.00825. The Hall–Kier alpha value is -0.550. The third-order valence-electron chi connectivity index (χ3n) is 2.61. The number of nitrogens with zero attached hydrogens (tertiary/aromatic N) is 1. The minimum absolute atomic E-state index is 0.197. The maximum Gasteiger partial charge on any atom is 0.0800 e. The first kappa shape index (κ1) is 11.4. The summed E-state index contributed by atoms with van der Waals surface area (Å²) in [5.41, 5.74) is -0.759. The molecule has 0 bridgehead atoms. The molecule has 0 amide bonds. The van der Waals surface area contributed by atoms with Gasteiger partial charge in [-0.05, 0) is 19.3 Å². The maximum atomic E-state index is 10.00. The highest BCUT2D eigenvalue weighted by atomic mass is 16.3. The number of hydrogen-bond acceptors (Lipinski definition) is 2. The topological polar surface area (TPSA) is 44.0 Å². The van der Waals surface area contributed by atoms with Crippen LogP contribution < -0.4 is 0 Å². The van der Waals surface area contributed by atoms with Crippen LogP contribution in [-0.4, -0.2) is 10.7 Å². The van der Waals surface area contributed by atoms with Crippen molar-refractivity contribution in [2.75, 3.05) is 0 Å². The minimum atomic E-state index is -0.759. The molecule has 0 heterocycles. The lowest BCUT2D eigenvalue weighted by atomic mass is 9.81. The molecule has 0 aromatic heterocycles. The highest BCUT2D eigenvalue weighted by Gasteiger charge is 2.32. The molecule has 1 atom stereocenters. The van der Waals surface area contributed by atoms with E-state index in [9.17, 15) is 5.11 Å². The standard InChI is InChI=1S/C10H19NO/c1-4-7-9(8-11)10(12,5-2)6-3/h9,12H,4-7H2,1-3H3. The van der Waals surface area contributed by atoms with Crippen LogP contribution >= 0.6 is 0 Å². The van der Waals surface area contributed by atoms with Gasteiger partial charge in [-0.2, -0.15) is 5.26 Å². The fourth-order valence-corrected chi connectivity index (χ4v) is 1.48. The molecule has 1 N–H and O–H groups in total. The molecule has 0 saturated heterocycles. The Balaban J connectivity index is 4.35. The summed E-state index contributed by atoms with van der Waals surface area (Å²) in [6.45, 7) is 5.91. The molecule has 1 unspecified atom stereocenters. The first-order valence-electron chi connectivity index (χ1n) is 4.76. The molecule has 0 spiro atoms. The van der Waals surface area contributed by atoms with E-state index in [0.717, 1.165) is 12.8 Å². The average Bonchev–Trinajstić information content (AvgIpc) is 2.13. The van der Waals surface area contributed by atoms with Gasteiger partial charge in [-0.25, -0.2) is 0 Å². The van der Waals surface area contributed by atoms with Gasteiger partial charge in [0.2, 0.25) is 0 Å². The van der Waals surface area contributed by atoms with Crippen molar-refractivity contribution in [1.29, 1.82) is 5.26 Å². The van der Waals surface area contributed by atoms with Crippen molar-refractivity contribution in [1.82, 2.24) is 0 Å². The van der Waals surface area contributed by atoms with Crippen LogP contribution in [0.1, 0.15) is 46.5 Å². The first-order valence-corrected chi connectivity index (χ1v) is 4.76. The molecule has 2 heteroatoms. The summed E-state index contributed by atoms with van der Waals surface area (Å²) in [4.78, 5) is 0. The quantitative estimate of drug-likeness (QED) is 0.687. The van der Waals surface area contributed by atoms with Crippen LogP contribution in [0.4, 0.5) is 0 Å². The van der Waals surface area contributed by atoms with E-state index in [-0.39, 0.29) is 5.92 Å². The largest absolute Gasteiger partial charge is 0.389 e. The fourth-order valence-electron chi connectivity index (χ4n) is 1.48. The molecule has 0 rings (SSSR count). The minimum Gasteiger partial charge on any atom is -0.389 e. The van der Waals surface area contributed by atoms with E-state index >= 15 is 0 Å². The van der Waals surface area contributed by atoms with Gasteiger partial charge in [0.25, 0.3) is 0 Å². The average molecular weight is 169 g/mol. The highest BCUT2D eigenvalue weighted by Crippen LogP contribution is 2.28. The van der Waals surface area contributed by atoms with Crippen LogP contribution in [0.3, 0.4) is 0 Å². The second-order valence-corrected chi connectivity index (χ2v) is 3.28. The molecule has 0 fully saturated rings. The lowest BCUT2D eigenvalue weighted by Gasteiger charge is -2.29. The fraction of sp³-hybridized carbons (Fsp3) is 0.900. The van der Waals surface area contributed by atoms with Crippen molar-refractivity contribution < 1.29 is 5.11 Å². The Bertz CT molecular complexity index is 156. The van der Waals surface area contributed by atoms with Gasteiger partial charge < -0.3 is 5.11 Å². The van der Waals surface area contributed by atoms with E-state index in [1.54, 1.807) is 0 Å². The van der Waals surface area contributed by atoms with E-state index in [2.05, 4.69) is 6.07 Å². The third-order valence-corrected chi connectivity index (χ3v) is 2.61. The van der Waals surface area contributed by atoms with Crippen LogP contribution in [0.25, 0.3) is 0 Å². The van der Waals surface area contributed by atoms with Gasteiger partial charge >= 0.3 is 0 Å². The number of nitriles is 1. The summed E-state index contributed by atoms with van der Waals surface area (Å²) in [5.74, 6) is -0.197. The third kappa shape index (κ3) is 2.49. The number of aliphatic hydroxyl groups is 1. The Labute approximate surface area is 75.2 Å². The molecule has 0 aliphatic heterocycles. The highest BCUT2D eigenvalue weighted by molar-refractivity contribution is 4.97. The molecule has 12 heavy (non-hydrogen) atoms. The first-order chi connectivity index (χ1) is 5.64. The summed E-state index contributed by atoms with van der Waals surface area (Å²) in [6, 6.07) is 2.20. The van der Waals surface area contributed by atoms with Crippen molar-refractivity contribution in [3.63, 3.8) is 0 Å². The molecule has 70 valence electrons. The van der Waals surface area contributed by atoms with E-state index in [4.69, 9.17) is 5.26 Å². The maximum absolute atomic E-state index is 10.00. The van der Waals surface area contributed by atoms with Crippen molar-refractivity contribution in [3.05, 3.63) is 0 Å². The predicted molar refractivity (Wildman–Crippen MR) is 49.5 cm³/mol. The molecule has 0 radical (unpaired) electrons. The molecule has 0 aliphatic carbocycles. The van der Waals surface area contributed by atoms with E-state index in [1.807, 2.05) is 20.8 Å². The number of rotatable bonds is 5. The lowest BCUT2D eigenvalue weighted by Crippen LogP contribution is -2.35. The van der Waals surface area contributed by atoms with Gasteiger partial charge in [0.05, 0.1) is 17.6 Å². The molecule has 0 aliphatic rings. The summed E-state index contributed by atoms with van der Waals surface area (Å²) in [5, 5.41) is 18.8. The van der Waals surface area contributed by atoms with Gasteiger partial charge in [-0.3, -0.25) is 0 Å². The Morgan fingerprint density at radius 1 is 1.33 bits per heavy atom. The van der Waals surface area contributed by atoms with Crippen LogP contribution in [0.5, 0.6) is 0 Å². The van der Waals surface area contributed by atoms with Crippen LogP contribution in [0.15, 0.2) is 0 Å². The SMILES string of the molecule is CCCC(C#N)C(O)(CC)CC. The normalized spacial score (nSPS) is 13.9. The molecule has 0 aromatic carbocycles. The van der Waals surface area contributed by atoms with Gasteiger partial charge in [0.15, 0.2) is 0 Å². The monoisotopic (exact) mass is 169 g/mol. The van der Waals surface area contributed by atoms with Crippen LogP contribution in [0.2, 0.25) is 0 Å². The zero-order chi connectivity index (χ0) is 9.61.